The van der Waals surface area contributed by atoms with Gasteiger partial charge in [0.25, 0.3) is 0 Å². The van der Waals surface area contributed by atoms with E-state index in [0.29, 0.717) is 6.42 Å². The maximum absolute atomic E-state index is 11.4. The second-order valence-electron chi connectivity index (χ2n) is 4.24. The standard InChI is InChI=1S/C13H14O3/c1-8-3-5-10(6-4-8)12-7-11(9(2)14)13(15)16-12/h3-6,11-12H,7H2,1-2H3. The molecule has 1 aromatic carbocycles. The minimum Gasteiger partial charge on any atom is -0.457 e. The summed E-state index contributed by atoms with van der Waals surface area (Å²) >= 11 is 0. The highest BCUT2D eigenvalue weighted by Crippen LogP contribution is 2.33. The molecule has 1 fully saturated rings. The van der Waals surface area contributed by atoms with Gasteiger partial charge in [0.2, 0.25) is 0 Å². The lowest BCUT2D eigenvalue weighted by Crippen LogP contribution is -2.15. The van der Waals surface area contributed by atoms with Gasteiger partial charge in [0.15, 0.2) is 0 Å². The number of cyclic esters (lactones) is 1. The second kappa shape index (κ2) is 4.08. The van der Waals surface area contributed by atoms with Gasteiger partial charge in [-0.2, -0.15) is 0 Å². The van der Waals surface area contributed by atoms with E-state index < -0.39 is 11.9 Å². The number of carbonyl (C=O) groups excluding carboxylic acids is 2. The molecule has 1 aliphatic rings. The molecule has 2 atom stereocenters. The van der Waals surface area contributed by atoms with Crippen LogP contribution in [0.1, 0.15) is 30.6 Å². The Bertz CT molecular complexity index is 419. The predicted molar refractivity (Wildman–Crippen MR) is 58.8 cm³/mol. The van der Waals surface area contributed by atoms with Crippen LogP contribution in [0, 0.1) is 12.8 Å². The maximum Gasteiger partial charge on any atom is 0.317 e. The van der Waals surface area contributed by atoms with Crippen LogP contribution in [-0.2, 0) is 14.3 Å². The van der Waals surface area contributed by atoms with Gasteiger partial charge >= 0.3 is 5.97 Å². The van der Waals surface area contributed by atoms with Crippen molar-refractivity contribution in [3.05, 3.63) is 35.4 Å². The topological polar surface area (TPSA) is 43.4 Å². The highest BCUT2D eigenvalue weighted by molar-refractivity contribution is 5.98. The Hall–Kier alpha value is -1.64. The number of ether oxygens (including phenoxy) is 1. The van der Waals surface area contributed by atoms with Gasteiger partial charge in [0, 0.05) is 6.42 Å². The maximum atomic E-state index is 11.4. The fraction of sp³-hybridized carbons (Fsp3) is 0.385. The Morgan fingerprint density at radius 1 is 1.31 bits per heavy atom. The number of hydrogen-bond acceptors (Lipinski definition) is 3. The van der Waals surface area contributed by atoms with Crippen molar-refractivity contribution in [3.8, 4) is 0 Å². The van der Waals surface area contributed by atoms with Gasteiger partial charge in [-0.1, -0.05) is 29.8 Å². The quantitative estimate of drug-likeness (QED) is 0.564. The van der Waals surface area contributed by atoms with Crippen LogP contribution in [0.2, 0.25) is 0 Å². The lowest BCUT2D eigenvalue weighted by atomic mass is 9.97. The van der Waals surface area contributed by atoms with Crippen LogP contribution in [-0.4, -0.2) is 11.8 Å². The average molecular weight is 218 g/mol. The number of aryl methyl sites for hydroxylation is 1. The summed E-state index contributed by atoms with van der Waals surface area (Å²) in [5, 5.41) is 0. The molecule has 84 valence electrons. The molecular weight excluding hydrogens is 204 g/mol. The number of carbonyl (C=O) groups is 2. The molecule has 0 spiro atoms. The van der Waals surface area contributed by atoms with Crippen molar-refractivity contribution in [2.75, 3.05) is 0 Å². The Kier molecular flexibility index (Phi) is 2.77. The molecule has 1 aromatic rings. The fourth-order valence-electron chi connectivity index (χ4n) is 1.90. The van der Waals surface area contributed by atoms with Gasteiger partial charge in [0.05, 0.1) is 0 Å². The molecular formula is C13H14O3. The number of rotatable bonds is 2. The number of ketones is 1. The van der Waals surface area contributed by atoms with Crippen molar-refractivity contribution in [1.82, 2.24) is 0 Å². The smallest absolute Gasteiger partial charge is 0.317 e. The van der Waals surface area contributed by atoms with Crippen LogP contribution in [0.4, 0.5) is 0 Å². The first kappa shape index (κ1) is 10.9. The molecule has 1 saturated heterocycles. The van der Waals surface area contributed by atoms with E-state index in [1.807, 2.05) is 31.2 Å². The van der Waals surface area contributed by atoms with Gasteiger partial charge in [-0.25, -0.2) is 0 Å². The Labute approximate surface area is 94.4 Å². The summed E-state index contributed by atoms with van der Waals surface area (Å²) in [5.41, 5.74) is 2.12. The third kappa shape index (κ3) is 1.98. The number of hydrogen-bond donors (Lipinski definition) is 0. The van der Waals surface area contributed by atoms with E-state index in [-0.39, 0.29) is 11.9 Å². The van der Waals surface area contributed by atoms with E-state index in [4.69, 9.17) is 4.74 Å². The molecule has 0 amide bonds. The number of benzene rings is 1. The minimum absolute atomic E-state index is 0.111. The average Bonchev–Trinajstić information content (AvgIpc) is 2.61. The van der Waals surface area contributed by atoms with E-state index in [0.717, 1.165) is 11.1 Å². The lowest BCUT2D eigenvalue weighted by Gasteiger charge is -2.08. The molecule has 0 bridgehead atoms. The summed E-state index contributed by atoms with van der Waals surface area (Å²) in [4.78, 5) is 22.6. The van der Waals surface area contributed by atoms with Crippen LogP contribution in [0.5, 0.6) is 0 Å². The molecule has 0 aromatic heterocycles. The third-order valence-electron chi connectivity index (χ3n) is 2.93. The van der Waals surface area contributed by atoms with Crippen molar-refractivity contribution in [1.29, 1.82) is 0 Å². The van der Waals surface area contributed by atoms with Gasteiger partial charge in [-0.3, -0.25) is 9.59 Å². The summed E-state index contributed by atoms with van der Waals surface area (Å²) in [7, 11) is 0. The summed E-state index contributed by atoms with van der Waals surface area (Å²) in [6.07, 6.45) is 0.207. The molecule has 0 radical (unpaired) electrons. The Morgan fingerprint density at radius 3 is 2.44 bits per heavy atom. The molecule has 2 rings (SSSR count). The Morgan fingerprint density at radius 2 is 1.94 bits per heavy atom. The molecule has 1 heterocycles. The van der Waals surface area contributed by atoms with E-state index >= 15 is 0 Å². The Balaban J connectivity index is 2.16. The summed E-state index contributed by atoms with van der Waals surface area (Å²) < 4.78 is 5.20. The number of Topliss-reactive ketones (excluding diaryl/α,β-unsaturated/α-hetero) is 1. The lowest BCUT2D eigenvalue weighted by molar-refractivity contribution is -0.146. The van der Waals surface area contributed by atoms with E-state index in [1.165, 1.54) is 6.92 Å². The van der Waals surface area contributed by atoms with Crippen molar-refractivity contribution >= 4 is 11.8 Å². The summed E-state index contributed by atoms with van der Waals surface area (Å²) in [5.74, 6) is -1.08. The van der Waals surface area contributed by atoms with Crippen molar-refractivity contribution in [2.24, 2.45) is 5.92 Å². The predicted octanol–water partition coefficient (Wildman–Crippen LogP) is 2.19. The van der Waals surface area contributed by atoms with Crippen LogP contribution in [0.25, 0.3) is 0 Å². The largest absolute Gasteiger partial charge is 0.457 e. The second-order valence-corrected chi connectivity index (χ2v) is 4.24. The van der Waals surface area contributed by atoms with Crippen LogP contribution >= 0.6 is 0 Å². The molecule has 2 unspecified atom stereocenters. The molecule has 1 aliphatic heterocycles. The highest BCUT2D eigenvalue weighted by atomic mass is 16.6. The molecule has 0 N–H and O–H groups in total. The minimum atomic E-state index is -0.577. The van der Waals surface area contributed by atoms with Crippen LogP contribution in [0.15, 0.2) is 24.3 Å². The third-order valence-corrected chi connectivity index (χ3v) is 2.93. The SMILES string of the molecule is CC(=O)C1CC(c2ccc(C)cc2)OC1=O. The molecule has 0 saturated carbocycles. The van der Waals surface area contributed by atoms with Crippen LogP contribution < -0.4 is 0 Å². The molecule has 16 heavy (non-hydrogen) atoms. The van der Waals surface area contributed by atoms with Crippen LogP contribution in [0.3, 0.4) is 0 Å². The van der Waals surface area contributed by atoms with Gasteiger partial charge in [-0.05, 0) is 19.4 Å². The van der Waals surface area contributed by atoms with Crippen molar-refractivity contribution < 1.29 is 14.3 Å². The summed E-state index contributed by atoms with van der Waals surface area (Å²) in [6, 6.07) is 7.83. The zero-order chi connectivity index (χ0) is 11.7. The van der Waals surface area contributed by atoms with E-state index in [9.17, 15) is 9.59 Å². The molecule has 3 heteroatoms. The van der Waals surface area contributed by atoms with E-state index in [2.05, 4.69) is 0 Å². The van der Waals surface area contributed by atoms with Gasteiger partial charge in [-0.15, -0.1) is 0 Å². The molecule has 0 aliphatic carbocycles. The number of esters is 1. The fourth-order valence-corrected chi connectivity index (χ4v) is 1.90. The first-order valence-corrected chi connectivity index (χ1v) is 5.35. The first-order valence-electron chi connectivity index (χ1n) is 5.35. The zero-order valence-corrected chi connectivity index (χ0v) is 9.40. The summed E-state index contributed by atoms with van der Waals surface area (Å²) in [6.45, 7) is 3.44. The van der Waals surface area contributed by atoms with E-state index in [1.54, 1.807) is 0 Å². The van der Waals surface area contributed by atoms with Crippen molar-refractivity contribution in [2.45, 2.75) is 26.4 Å². The molecule has 3 nitrogen and oxygen atoms in total. The first-order chi connectivity index (χ1) is 7.58. The van der Waals surface area contributed by atoms with Gasteiger partial charge < -0.3 is 4.74 Å². The normalized spacial score (nSPS) is 24.2. The zero-order valence-electron chi connectivity index (χ0n) is 9.40. The van der Waals surface area contributed by atoms with Gasteiger partial charge in [0.1, 0.15) is 17.8 Å². The highest BCUT2D eigenvalue weighted by Gasteiger charge is 2.37. The monoisotopic (exact) mass is 218 g/mol. The van der Waals surface area contributed by atoms with Crippen molar-refractivity contribution in [3.63, 3.8) is 0 Å².